The van der Waals surface area contributed by atoms with Crippen molar-refractivity contribution in [3.05, 3.63) is 63.3 Å². The zero-order chi connectivity index (χ0) is 29.7. The fourth-order valence-electron chi connectivity index (χ4n) is 2.23. The summed E-state index contributed by atoms with van der Waals surface area (Å²) in [7, 11) is -8.69. The fourth-order valence-corrected chi connectivity index (χ4v) is 6.24. The Labute approximate surface area is 228 Å². The summed E-state index contributed by atoms with van der Waals surface area (Å²) in [4.78, 5) is 58.5. The number of hydrogen-bond donors (Lipinski definition) is 0. The Hall–Kier alpha value is -2.69. The zero-order valence-electron chi connectivity index (χ0n) is 21.8. The first-order valence-electron chi connectivity index (χ1n) is 11.7. The van der Waals surface area contributed by atoms with Gasteiger partial charge in [-0.05, 0) is 30.4 Å². The van der Waals surface area contributed by atoms with Gasteiger partial charge in [-0.25, -0.2) is 4.57 Å². The molecule has 0 unspecified atom stereocenters. The highest BCUT2D eigenvalue weighted by Gasteiger charge is 2.35. The van der Waals surface area contributed by atoms with Gasteiger partial charge in [0.2, 0.25) is 0 Å². The quantitative estimate of drug-likeness (QED) is 0.100. The Morgan fingerprint density at radius 1 is 0.487 bits per heavy atom. The third kappa shape index (κ3) is 16.8. The molecule has 0 aromatic rings. The van der Waals surface area contributed by atoms with Crippen molar-refractivity contribution in [3.63, 3.8) is 0 Å². The zero-order valence-corrected chi connectivity index (χ0v) is 23.6. The van der Waals surface area contributed by atoms with E-state index in [-0.39, 0.29) is 51.9 Å². The highest BCUT2D eigenvalue weighted by molar-refractivity contribution is 7.63. The van der Waals surface area contributed by atoms with Crippen molar-refractivity contribution in [2.75, 3.05) is 33.0 Å². The van der Waals surface area contributed by atoms with Crippen LogP contribution in [0.2, 0.25) is 0 Å². The van der Waals surface area contributed by atoms with Gasteiger partial charge in [0.25, 0.3) is 0 Å². The van der Waals surface area contributed by atoms with Gasteiger partial charge >= 0.3 is 15.5 Å². The summed E-state index contributed by atoms with van der Waals surface area (Å²) in [5.41, 5.74) is 0. The Kier molecular flexibility index (Phi) is 18.9. The first kappa shape index (κ1) is 36.3. The fraction of sp³-hybridized carbons (Fsp3) is 0.400. The van der Waals surface area contributed by atoms with E-state index in [2.05, 4.69) is 37.4 Å². The number of ketones is 5. The SMILES string of the molecule is C=CC(=O)CCOP(=O)(N=P(OCCC(=O)C=C)(OCCC(=O)C=C)OCCC(=O)C=C)OCCC(=O)C=C. The normalized spacial score (nSPS) is 11.2. The van der Waals surface area contributed by atoms with E-state index in [1.54, 1.807) is 0 Å². The molecule has 0 rings (SSSR count). The van der Waals surface area contributed by atoms with Crippen LogP contribution in [0, 0.1) is 0 Å². The Morgan fingerprint density at radius 3 is 0.949 bits per heavy atom. The van der Waals surface area contributed by atoms with Crippen molar-refractivity contribution in [3.8, 4) is 0 Å². The lowest BCUT2D eigenvalue weighted by Crippen LogP contribution is -2.10. The first-order valence-corrected chi connectivity index (χ1v) is 14.7. The van der Waals surface area contributed by atoms with Crippen LogP contribution < -0.4 is 0 Å². The Morgan fingerprint density at radius 2 is 0.718 bits per heavy atom. The minimum atomic E-state index is -4.58. The number of carbonyl (C=O) groups is 5. The summed E-state index contributed by atoms with van der Waals surface area (Å²) < 4.78 is 45.4. The molecule has 0 aliphatic carbocycles. The molecule has 39 heavy (non-hydrogen) atoms. The lowest BCUT2D eigenvalue weighted by molar-refractivity contribution is -0.116. The van der Waals surface area contributed by atoms with E-state index in [4.69, 9.17) is 22.6 Å². The van der Waals surface area contributed by atoms with Gasteiger partial charge in [0, 0.05) is 32.1 Å². The summed E-state index contributed by atoms with van der Waals surface area (Å²) in [5, 5.41) is 0. The second kappa shape index (κ2) is 20.2. The van der Waals surface area contributed by atoms with E-state index in [1.807, 2.05) is 0 Å². The smallest absolute Gasteiger partial charge is 0.302 e. The van der Waals surface area contributed by atoms with Gasteiger partial charge in [0.1, 0.15) is 0 Å². The molecule has 0 aliphatic heterocycles. The molecule has 0 heterocycles. The molecule has 0 saturated heterocycles. The van der Waals surface area contributed by atoms with Crippen LogP contribution in [0.25, 0.3) is 0 Å². The molecule has 0 fully saturated rings. The van der Waals surface area contributed by atoms with Gasteiger partial charge in [-0.15, -0.1) is 4.52 Å². The van der Waals surface area contributed by atoms with Gasteiger partial charge in [0.05, 0.1) is 33.0 Å². The summed E-state index contributed by atoms with van der Waals surface area (Å²) in [6.07, 6.45) is 4.31. The molecule has 0 amide bonds. The summed E-state index contributed by atoms with van der Waals surface area (Å²) in [6, 6.07) is 0. The first-order chi connectivity index (χ1) is 18.5. The monoisotopic (exact) mass is 587 g/mol. The molecular weight excluding hydrogens is 552 g/mol. The lowest BCUT2D eigenvalue weighted by Gasteiger charge is -2.25. The maximum Gasteiger partial charge on any atom is 0.458 e. The largest absolute Gasteiger partial charge is 0.458 e. The Balaban J connectivity index is 6.46. The minimum absolute atomic E-state index is 0.182. The average molecular weight is 587 g/mol. The summed E-state index contributed by atoms with van der Waals surface area (Å²) in [5.74, 6) is -2.00. The molecule has 0 spiro atoms. The van der Waals surface area contributed by atoms with Crippen LogP contribution in [0.5, 0.6) is 0 Å². The van der Waals surface area contributed by atoms with Gasteiger partial charge in [0.15, 0.2) is 28.9 Å². The van der Waals surface area contributed by atoms with Crippen LogP contribution in [-0.2, 0) is 51.2 Å². The topological polar surface area (TPSA) is 161 Å². The standard InChI is InChI=1S/C25H35NO11P2/c1-6-21(27)11-16-33-38(32,34-17-12-22(28)7-2)26-39(35-18-13-23(29)8-3,36-19-14-24(30)9-4)37-20-15-25(31)10-5/h6-10H,1-5,11-20H2. The molecule has 0 aromatic heterocycles. The van der Waals surface area contributed by atoms with Crippen LogP contribution in [0.4, 0.5) is 0 Å². The molecule has 0 saturated carbocycles. The molecule has 0 atom stereocenters. The van der Waals surface area contributed by atoms with Crippen molar-refractivity contribution in [1.29, 1.82) is 0 Å². The molecule has 14 heteroatoms. The third-order valence-corrected chi connectivity index (χ3v) is 8.67. The lowest BCUT2D eigenvalue weighted by atomic mass is 10.3. The predicted molar refractivity (Wildman–Crippen MR) is 146 cm³/mol. The number of nitrogens with zero attached hydrogens (tertiary/aromatic N) is 1. The van der Waals surface area contributed by atoms with Crippen LogP contribution in [-0.4, -0.2) is 62.0 Å². The number of rotatable bonds is 26. The van der Waals surface area contributed by atoms with Crippen molar-refractivity contribution < 1.29 is 51.2 Å². The maximum atomic E-state index is 13.7. The molecule has 216 valence electrons. The van der Waals surface area contributed by atoms with E-state index in [1.165, 1.54) is 0 Å². The van der Waals surface area contributed by atoms with E-state index < -0.39 is 57.6 Å². The van der Waals surface area contributed by atoms with Gasteiger partial charge < -0.3 is 13.6 Å². The molecule has 0 radical (unpaired) electrons. The van der Waals surface area contributed by atoms with Crippen molar-refractivity contribution in [2.24, 2.45) is 4.52 Å². The second-order valence-corrected chi connectivity index (χ2v) is 11.2. The van der Waals surface area contributed by atoms with Crippen molar-refractivity contribution >= 4 is 44.4 Å². The van der Waals surface area contributed by atoms with Crippen molar-refractivity contribution in [1.82, 2.24) is 0 Å². The van der Waals surface area contributed by atoms with Crippen LogP contribution in [0.15, 0.2) is 67.8 Å². The molecule has 0 aromatic carbocycles. The van der Waals surface area contributed by atoms with Crippen molar-refractivity contribution in [2.45, 2.75) is 32.1 Å². The van der Waals surface area contributed by atoms with E-state index in [0.29, 0.717) is 0 Å². The maximum absolute atomic E-state index is 13.7. The summed E-state index contributed by atoms with van der Waals surface area (Å²) in [6.45, 7) is 15.0. The van der Waals surface area contributed by atoms with E-state index >= 15 is 0 Å². The predicted octanol–water partition coefficient (Wildman–Crippen LogP) is 4.85. The minimum Gasteiger partial charge on any atom is -0.302 e. The summed E-state index contributed by atoms with van der Waals surface area (Å²) >= 11 is 0. The molecular formula is C25H35NO11P2. The molecule has 0 aliphatic rings. The van der Waals surface area contributed by atoms with Crippen LogP contribution in [0.3, 0.4) is 0 Å². The van der Waals surface area contributed by atoms with Gasteiger partial charge in [-0.1, -0.05) is 32.9 Å². The second-order valence-electron chi connectivity index (χ2n) is 7.29. The highest BCUT2D eigenvalue weighted by Crippen LogP contribution is 2.65. The Bertz CT molecular complexity index is 947. The molecule has 0 bridgehead atoms. The number of hydrogen-bond acceptors (Lipinski definition) is 11. The van der Waals surface area contributed by atoms with Gasteiger partial charge in [-0.3, -0.25) is 33.0 Å². The number of allylic oxidation sites excluding steroid dienone is 5. The van der Waals surface area contributed by atoms with Crippen LogP contribution in [0.1, 0.15) is 32.1 Å². The highest BCUT2D eigenvalue weighted by atomic mass is 31.2. The molecule has 0 N–H and O–H groups in total. The average Bonchev–Trinajstić information content (AvgIpc) is 2.92. The number of carbonyl (C=O) groups excluding carboxylic acids is 5. The van der Waals surface area contributed by atoms with Crippen LogP contribution >= 0.6 is 15.5 Å². The van der Waals surface area contributed by atoms with E-state index in [9.17, 15) is 28.5 Å². The third-order valence-electron chi connectivity index (χ3n) is 4.37. The van der Waals surface area contributed by atoms with E-state index in [0.717, 1.165) is 30.4 Å². The van der Waals surface area contributed by atoms with Gasteiger partial charge in [-0.2, -0.15) is 0 Å². The molecule has 12 nitrogen and oxygen atoms in total.